The number of carbonyl (C=O) groups excluding carboxylic acids is 1. The van der Waals surface area contributed by atoms with Crippen molar-refractivity contribution in [2.24, 2.45) is 5.92 Å². The fourth-order valence-electron chi connectivity index (χ4n) is 2.80. The quantitative estimate of drug-likeness (QED) is 0.897. The van der Waals surface area contributed by atoms with Gasteiger partial charge in [-0.2, -0.15) is 0 Å². The van der Waals surface area contributed by atoms with Gasteiger partial charge in [-0.25, -0.2) is 4.98 Å². The van der Waals surface area contributed by atoms with Crippen LogP contribution in [0.3, 0.4) is 0 Å². The van der Waals surface area contributed by atoms with E-state index in [2.05, 4.69) is 22.5 Å². The molecule has 0 saturated carbocycles. The molecule has 5 nitrogen and oxygen atoms in total. The van der Waals surface area contributed by atoms with Crippen LogP contribution in [0.15, 0.2) is 28.8 Å². The summed E-state index contributed by atoms with van der Waals surface area (Å²) < 4.78 is 5.50. The van der Waals surface area contributed by atoms with E-state index in [9.17, 15) is 4.79 Å². The van der Waals surface area contributed by atoms with Crippen molar-refractivity contribution in [2.75, 3.05) is 13.1 Å². The zero-order chi connectivity index (χ0) is 13.9. The molecule has 0 aliphatic carbocycles. The molecule has 1 aliphatic heterocycles. The third kappa shape index (κ3) is 2.54. The fourth-order valence-corrected chi connectivity index (χ4v) is 2.80. The van der Waals surface area contributed by atoms with Crippen LogP contribution in [0.2, 0.25) is 0 Å². The van der Waals surface area contributed by atoms with E-state index in [4.69, 9.17) is 4.42 Å². The lowest BCUT2D eigenvalue weighted by Crippen LogP contribution is -2.50. The van der Waals surface area contributed by atoms with Crippen molar-refractivity contribution in [3.63, 3.8) is 0 Å². The second-order valence-electron chi connectivity index (χ2n) is 5.25. The van der Waals surface area contributed by atoms with Gasteiger partial charge in [0.05, 0.1) is 0 Å². The monoisotopic (exact) mass is 273 g/mol. The average molecular weight is 273 g/mol. The van der Waals surface area contributed by atoms with Gasteiger partial charge in [-0.05, 0) is 37.1 Å². The minimum atomic E-state index is -0.157. The van der Waals surface area contributed by atoms with Crippen molar-refractivity contribution in [3.05, 3.63) is 30.2 Å². The lowest BCUT2D eigenvalue weighted by Gasteiger charge is -2.31. The van der Waals surface area contributed by atoms with Crippen LogP contribution in [0.1, 0.15) is 30.3 Å². The topological polar surface area (TPSA) is 67.2 Å². The smallest absolute Gasteiger partial charge is 0.287 e. The summed E-state index contributed by atoms with van der Waals surface area (Å²) in [5, 5.41) is 7.25. The van der Waals surface area contributed by atoms with Gasteiger partial charge in [0.2, 0.25) is 5.71 Å². The summed E-state index contributed by atoms with van der Waals surface area (Å²) in [6.07, 6.45) is 3.84. The molecular formula is C15H19N3O2. The largest absolute Gasteiger partial charge is 0.433 e. The molecule has 1 aliphatic rings. The number of piperidine rings is 1. The number of hydrogen-bond donors (Lipinski definition) is 2. The molecule has 2 unspecified atom stereocenters. The van der Waals surface area contributed by atoms with E-state index in [-0.39, 0.29) is 11.9 Å². The number of rotatable bonds is 3. The highest BCUT2D eigenvalue weighted by molar-refractivity contribution is 5.95. The summed E-state index contributed by atoms with van der Waals surface area (Å²) in [4.78, 5) is 16.4. The Morgan fingerprint density at radius 2 is 2.50 bits per heavy atom. The maximum Gasteiger partial charge on any atom is 0.287 e. The summed E-state index contributed by atoms with van der Waals surface area (Å²) in [6.45, 7) is 4.02. The van der Waals surface area contributed by atoms with Gasteiger partial charge in [0.15, 0.2) is 5.76 Å². The van der Waals surface area contributed by atoms with Crippen molar-refractivity contribution >= 4 is 17.0 Å². The molecule has 1 amide bonds. The highest BCUT2D eigenvalue weighted by Gasteiger charge is 2.26. The first-order valence-electron chi connectivity index (χ1n) is 7.14. The highest BCUT2D eigenvalue weighted by Crippen LogP contribution is 2.19. The lowest BCUT2D eigenvalue weighted by atomic mass is 9.90. The summed E-state index contributed by atoms with van der Waals surface area (Å²) in [5.74, 6) is 0.706. The number of fused-ring (bicyclic) bond motifs is 1. The standard InChI is InChI=1S/C15H19N3O2/c1-2-10-5-7-16-9-12(10)18-14(19)13-8-11-4-3-6-17-15(11)20-13/h3-4,6,8,10,12,16H,2,5,7,9H2,1H3,(H,18,19). The second kappa shape index (κ2) is 5.63. The van der Waals surface area contributed by atoms with Crippen LogP contribution in [0, 0.1) is 5.92 Å². The van der Waals surface area contributed by atoms with Gasteiger partial charge >= 0.3 is 0 Å². The molecule has 1 saturated heterocycles. The van der Waals surface area contributed by atoms with Crippen LogP contribution in [0.4, 0.5) is 0 Å². The molecule has 5 heteroatoms. The fraction of sp³-hybridized carbons (Fsp3) is 0.467. The van der Waals surface area contributed by atoms with Crippen molar-refractivity contribution in [1.29, 1.82) is 0 Å². The predicted octanol–water partition coefficient (Wildman–Crippen LogP) is 1.95. The molecule has 3 heterocycles. The summed E-state index contributed by atoms with van der Waals surface area (Å²) in [5.41, 5.74) is 0.506. The van der Waals surface area contributed by atoms with E-state index >= 15 is 0 Å². The van der Waals surface area contributed by atoms with Gasteiger partial charge in [-0.3, -0.25) is 4.79 Å². The molecule has 106 valence electrons. The summed E-state index contributed by atoms with van der Waals surface area (Å²) in [7, 11) is 0. The zero-order valence-electron chi connectivity index (χ0n) is 11.6. The van der Waals surface area contributed by atoms with Crippen LogP contribution in [0.5, 0.6) is 0 Å². The number of furan rings is 1. The second-order valence-corrected chi connectivity index (χ2v) is 5.25. The SMILES string of the molecule is CCC1CCNCC1NC(=O)c1cc2cccnc2o1. The molecule has 0 spiro atoms. The van der Waals surface area contributed by atoms with E-state index in [0.717, 1.165) is 31.3 Å². The Kier molecular flexibility index (Phi) is 3.69. The molecule has 2 aromatic rings. The van der Waals surface area contributed by atoms with E-state index < -0.39 is 0 Å². The van der Waals surface area contributed by atoms with Gasteiger partial charge in [-0.1, -0.05) is 13.3 Å². The van der Waals surface area contributed by atoms with Gasteiger partial charge in [0.1, 0.15) is 0 Å². The first-order valence-corrected chi connectivity index (χ1v) is 7.14. The van der Waals surface area contributed by atoms with E-state index in [1.54, 1.807) is 12.3 Å². The molecule has 2 N–H and O–H groups in total. The highest BCUT2D eigenvalue weighted by atomic mass is 16.4. The van der Waals surface area contributed by atoms with Gasteiger partial charge in [0.25, 0.3) is 5.91 Å². The zero-order valence-corrected chi connectivity index (χ0v) is 11.6. The molecule has 0 bridgehead atoms. The van der Waals surface area contributed by atoms with Gasteiger partial charge in [0, 0.05) is 24.2 Å². The van der Waals surface area contributed by atoms with Crippen LogP contribution in [-0.2, 0) is 0 Å². The molecule has 20 heavy (non-hydrogen) atoms. The van der Waals surface area contributed by atoms with Gasteiger partial charge < -0.3 is 15.1 Å². The number of carbonyl (C=O) groups is 1. The predicted molar refractivity (Wildman–Crippen MR) is 76.5 cm³/mol. The summed E-state index contributed by atoms with van der Waals surface area (Å²) >= 11 is 0. The van der Waals surface area contributed by atoms with Crippen molar-refractivity contribution in [2.45, 2.75) is 25.8 Å². The Hall–Kier alpha value is -1.88. The normalized spacial score (nSPS) is 22.9. The Morgan fingerprint density at radius 3 is 3.30 bits per heavy atom. The molecule has 0 aromatic carbocycles. The first-order chi connectivity index (χ1) is 9.78. The van der Waals surface area contributed by atoms with Crippen molar-refractivity contribution in [3.8, 4) is 0 Å². The number of amides is 1. The number of nitrogens with one attached hydrogen (secondary N) is 2. The molecule has 2 aromatic heterocycles. The number of aromatic nitrogens is 1. The Morgan fingerprint density at radius 1 is 1.60 bits per heavy atom. The van der Waals surface area contributed by atoms with E-state index in [1.165, 1.54) is 0 Å². The maximum absolute atomic E-state index is 12.3. The van der Waals surface area contributed by atoms with Crippen LogP contribution in [0.25, 0.3) is 11.1 Å². The lowest BCUT2D eigenvalue weighted by molar-refractivity contribution is 0.0884. The Balaban J connectivity index is 1.75. The third-order valence-corrected chi connectivity index (χ3v) is 3.98. The number of hydrogen-bond acceptors (Lipinski definition) is 4. The van der Waals surface area contributed by atoms with E-state index in [1.807, 2.05) is 12.1 Å². The van der Waals surface area contributed by atoms with Crippen molar-refractivity contribution in [1.82, 2.24) is 15.6 Å². The number of pyridine rings is 1. The minimum Gasteiger partial charge on any atom is -0.433 e. The van der Waals surface area contributed by atoms with Crippen molar-refractivity contribution < 1.29 is 9.21 Å². The van der Waals surface area contributed by atoms with E-state index in [0.29, 0.717) is 17.4 Å². The Bertz CT molecular complexity index is 575. The Labute approximate surface area is 117 Å². The molecule has 2 atom stereocenters. The van der Waals surface area contributed by atoms with Crippen LogP contribution >= 0.6 is 0 Å². The average Bonchev–Trinajstić information content (AvgIpc) is 2.92. The third-order valence-electron chi connectivity index (χ3n) is 3.98. The molecule has 1 fully saturated rings. The summed E-state index contributed by atoms with van der Waals surface area (Å²) in [6, 6.07) is 5.63. The molecular weight excluding hydrogens is 254 g/mol. The van der Waals surface area contributed by atoms with Crippen LogP contribution in [-0.4, -0.2) is 30.0 Å². The minimum absolute atomic E-state index is 0.157. The van der Waals surface area contributed by atoms with Crippen LogP contribution < -0.4 is 10.6 Å². The maximum atomic E-state index is 12.3. The molecule has 3 rings (SSSR count). The number of nitrogens with zero attached hydrogens (tertiary/aromatic N) is 1. The van der Waals surface area contributed by atoms with Gasteiger partial charge in [-0.15, -0.1) is 0 Å². The molecule has 0 radical (unpaired) electrons. The first kappa shape index (κ1) is 13.1.